The van der Waals surface area contributed by atoms with Crippen molar-refractivity contribution >= 4 is 15.9 Å². The molecule has 2 heteroatoms. The molecule has 1 nitrogen and oxygen atoms in total. The zero-order chi connectivity index (χ0) is 14.5. The Morgan fingerprint density at radius 1 is 1.00 bits per heavy atom. The number of hydrogen-bond donors (Lipinski definition) is 0. The maximum absolute atomic E-state index is 5.98. The van der Waals surface area contributed by atoms with E-state index >= 15 is 0 Å². The van der Waals surface area contributed by atoms with E-state index in [0.717, 1.165) is 30.5 Å². The van der Waals surface area contributed by atoms with E-state index < -0.39 is 0 Å². The number of ether oxygens (including phenoxy) is 1. The standard InChI is InChI=1S/C17H27BrO/c1-6-17(7-2,12-18)13-19-15-10-8-14(9-11-15)16(3,4)5/h8-11H,6-7,12-13H2,1-5H3. The van der Waals surface area contributed by atoms with Crippen LogP contribution in [0.1, 0.15) is 53.0 Å². The van der Waals surface area contributed by atoms with Gasteiger partial charge in [-0.05, 0) is 36.0 Å². The molecule has 0 saturated heterocycles. The molecule has 0 saturated carbocycles. The minimum absolute atomic E-state index is 0.199. The molecule has 0 spiro atoms. The van der Waals surface area contributed by atoms with Gasteiger partial charge in [-0.1, -0.05) is 62.7 Å². The molecule has 0 N–H and O–H groups in total. The van der Waals surface area contributed by atoms with Gasteiger partial charge in [0.25, 0.3) is 0 Å². The van der Waals surface area contributed by atoms with Crippen LogP contribution in [0.25, 0.3) is 0 Å². The first-order chi connectivity index (χ1) is 8.87. The molecule has 0 unspecified atom stereocenters. The Balaban J connectivity index is 2.69. The Bertz CT molecular complexity index is 363. The summed E-state index contributed by atoms with van der Waals surface area (Å²) in [4.78, 5) is 0. The Labute approximate surface area is 126 Å². The summed E-state index contributed by atoms with van der Waals surface area (Å²) in [6.45, 7) is 11.9. The predicted octanol–water partition coefficient (Wildman–Crippen LogP) is 5.56. The summed E-state index contributed by atoms with van der Waals surface area (Å²) in [7, 11) is 0. The normalized spacial score (nSPS) is 12.5. The van der Waals surface area contributed by atoms with Gasteiger partial charge < -0.3 is 4.74 Å². The van der Waals surface area contributed by atoms with Crippen LogP contribution in [0, 0.1) is 5.41 Å². The van der Waals surface area contributed by atoms with Gasteiger partial charge in [0, 0.05) is 10.7 Å². The van der Waals surface area contributed by atoms with Crippen LogP contribution in [0.4, 0.5) is 0 Å². The molecule has 0 amide bonds. The topological polar surface area (TPSA) is 9.23 Å². The van der Waals surface area contributed by atoms with Gasteiger partial charge in [-0.3, -0.25) is 0 Å². The number of hydrogen-bond acceptors (Lipinski definition) is 1. The molecule has 0 aliphatic heterocycles. The lowest BCUT2D eigenvalue weighted by molar-refractivity contribution is 0.158. The molecule has 0 atom stereocenters. The SMILES string of the molecule is CCC(CC)(CBr)COc1ccc(C(C)(C)C)cc1. The van der Waals surface area contributed by atoms with E-state index in [2.05, 4.69) is 74.8 Å². The first-order valence-electron chi connectivity index (χ1n) is 7.16. The third kappa shape index (κ3) is 4.52. The second-order valence-electron chi connectivity index (χ2n) is 6.40. The number of halogens is 1. The molecular weight excluding hydrogens is 300 g/mol. The predicted molar refractivity (Wildman–Crippen MR) is 87.4 cm³/mol. The van der Waals surface area contributed by atoms with E-state index in [1.807, 2.05) is 0 Å². The maximum Gasteiger partial charge on any atom is 0.119 e. The van der Waals surface area contributed by atoms with Crippen LogP contribution in [0.3, 0.4) is 0 Å². The van der Waals surface area contributed by atoms with Crippen molar-refractivity contribution in [2.75, 3.05) is 11.9 Å². The largest absolute Gasteiger partial charge is 0.493 e. The van der Waals surface area contributed by atoms with Gasteiger partial charge >= 0.3 is 0 Å². The lowest BCUT2D eigenvalue weighted by Crippen LogP contribution is -2.29. The van der Waals surface area contributed by atoms with Gasteiger partial charge in [0.2, 0.25) is 0 Å². The van der Waals surface area contributed by atoms with E-state index in [0.29, 0.717) is 0 Å². The van der Waals surface area contributed by atoms with Crippen LogP contribution in [0.2, 0.25) is 0 Å². The molecular formula is C17H27BrO. The molecule has 1 aromatic carbocycles. The summed E-state index contributed by atoms with van der Waals surface area (Å²) >= 11 is 3.62. The molecule has 1 aromatic rings. The van der Waals surface area contributed by atoms with Crippen molar-refractivity contribution in [3.05, 3.63) is 29.8 Å². The third-order valence-corrected chi connectivity index (χ3v) is 5.24. The summed E-state index contributed by atoms with van der Waals surface area (Å²) in [5.41, 5.74) is 1.80. The summed E-state index contributed by atoms with van der Waals surface area (Å²) in [6, 6.07) is 8.52. The van der Waals surface area contributed by atoms with Crippen LogP contribution in [0.15, 0.2) is 24.3 Å². The van der Waals surface area contributed by atoms with Gasteiger partial charge in [0.05, 0.1) is 6.61 Å². The highest BCUT2D eigenvalue weighted by atomic mass is 79.9. The van der Waals surface area contributed by atoms with Crippen molar-refractivity contribution in [1.82, 2.24) is 0 Å². The summed E-state index contributed by atoms with van der Waals surface area (Å²) < 4.78 is 5.98. The van der Waals surface area contributed by atoms with Crippen molar-refractivity contribution in [3.8, 4) is 5.75 Å². The van der Waals surface area contributed by atoms with Crippen molar-refractivity contribution in [1.29, 1.82) is 0 Å². The van der Waals surface area contributed by atoms with Crippen LogP contribution < -0.4 is 4.74 Å². The lowest BCUT2D eigenvalue weighted by atomic mass is 9.85. The average Bonchev–Trinajstić information content (AvgIpc) is 2.40. The Morgan fingerprint density at radius 2 is 1.53 bits per heavy atom. The van der Waals surface area contributed by atoms with Crippen molar-refractivity contribution in [2.45, 2.75) is 52.9 Å². The second kappa shape index (κ2) is 6.78. The summed E-state index contributed by atoms with van der Waals surface area (Å²) in [5, 5.41) is 0.993. The highest BCUT2D eigenvalue weighted by Gasteiger charge is 2.25. The zero-order valence-electron chi connectivity index (χ0n) is 12.9. The third-order valence-electron chi connectivity index (χ3n) is 4.05. The molecule has 0 bridgehead atoms. The van der Waals surface area contributed by atoms with Crippen LogP contribution in [-0.4, -0.2) is 11.9 Å². The number of rotatable bonds is 6. The first-order valence-corrected chi connectivity index (χ1v) is 8.28. The molecule has 0 fully saturated rings. The summed E-state index contributed by atoms with van der Waals surface area (Å²) in [5.74, 6) is 0.972. The molecule has 0 radical (unpaired) electrons. The minimum Gasteiger partial charge on any atom is -0.493 e. The maximum atomic E-state index is 5.98. The Morgan fingerprint density at radius 3 is 1.89 bits per heavy atom. The van der Waals surface area contributed by atoms with Crippen LogP contribution >= 0.6 is 15.9 Å². The molecule has 0 aromatic heterocycles. The van der Waals surface area contributed by atoms with E-state index in [9.17, 15) is 0 Å². The van der Waals surface area contributed by atoms with Crippen molar-refractivity contribution in [2.24, 2.45) is 5.41 Å². The van der Waals surface area contributed by atoms with Crippen molar-refractivity contribution in [3.63, 3.8) is 0 Å². The van der Waals surface area contributed by atoms with Gasteiger partial charge in [-0.25, -0.2) is 0 Å². The Kier molecular flexibility index (Phi) is 5.91. The number of alkyl halides is 1. The summed E-state index contributed by atoms with van der Waals surface area (Å²) in [6.07, 6.45) is 2.27. The quantitative estimate of drug-likeness (QED) is 0.621. The fourth-order valence-electron chi connectivity index (χ4n) is 1.97. The molecule has 19 heavy (non-hydrogen) atoms. The van der Waals surface area contributed by atoms with Crippen molar-refractivity contribution < 1.29 is 4.74 Å². The highest BCUT2D eigenvalue weighted by Crippen LogP contribution is 2.30. The van der Waals surface area contributed by atoms with Gasteiger partial charge in [0.15, 0.2) is 0 Å². The van der Waals surface area contributed by atoms with Crippen LogP contribution in [-0.2, 0) is 5.41 Å². The smallest absolute Gasteiger partial charge is 0.119 e. The molecule has 0 aliphatic carbocycles. The van der Waals surface area contributed by atoms with Gasteiger partial charge in [-0.2, -0.15) is 0 Å². The van der Waals surface area contributed by atoms with E-state index in [1.54, 1.807) is 0 Å². The number of benzene rings is 1. The molecule has 0 heterocycles. The lowest BCUT2D eigenvalue weighted by Gasteiger charge is -2.29. The van der Waals surface area contributed by atoms with E-state index in [4.69, 9.17) is 4.74 Å². The minimum atomic E-state index is 0.199. The average molecular weight is 327 g/mol. The van der Waals surface area contributed by atoms with Gasteiger partial charge in [0.1, 0.15) is 5.75 Å². The molecule has 108 valence electrons. The second-order valence-corrected chi connectivity index (χ2v) is 6.96. The highest BCUT2D eigenvalue weighted by molar-refractivity contribution is 9.09. The van der Waals surface area contributed by atoms with E-state index in [-0.39, 0.29) is 10.8 Å². The Hall–Kier alpha value is -0.500. The van der Waals surface area contributed by atoms with Gasteiger partial charge in [-0.15, -0.1) is 0 Å². The fraction of sp³-hybridized carbons (Fsp3) is 0.647. The monoisotopic (exact) mass is 326 g/mol. The zero-order valence-corrected chi connectivity index (χ0v) is 14.5. The fourth-order valence-corrected chi connectivity index (χ4v) is 2.92. The molecule has 0 aliphatic rings. The van der Waals surface area contributed by atoms with Crippen LogP contribution in [0.5, 0.6) is 5.75 Å². The molecule has 1 rings (SSSR count). The van der Waals surface area contributed by atoms with E-state index in [1.165, 1.54) is 5.56 Å². The first kappa shape index (κ1) is 16.6.